The molecule has 2 aliphatic rings. The third kappa shape index (κ3) is 4.05. The van der Waals surface area contributed by atoms with Gasteiger partial charge in [0.2, 0.25) is 0 Å². The van der Waals surface area contributed by atoms with Gasteiger partial charge in [0, 0.05) is 0 Å². The standard InChI is InChI=1S/C14H24F2O2S/c1-10-4-12-5-11(2)7-13(6-10,8-12)9-18-14(15,16)19-17-3/h10-12H,4-9H2,1-3H3. The van der Waals surface area contributed by atoms with Gasteiger partial charge in [0.15, 0.2) is 0 Å². The second-order valence-electron chi connectivity index (χ2n) is 6.66. The predicted octanol–water partition coefficient (Wildman–Crippen LogP) is 4.70. The van der Waals surface area contributed by atoms with E-state index in [1.807, 2.05) is 0 Å². The van der Waals surface area contributed by atoms with Crippen LogP contribution in [0.2, 0.25) is 0 Å². The molecule has 2 saturated carbocycles. The molecule has 2 nitrogen and oxygen atoms in total. The number of rotatable bonds is 5. The summed E-state index contributed by atoms with van der Waals surface area (Å²) in [4.78, 5) is 0. The van der Waals surface area contributed by atoms with Gasteiger partial charge in [-0.15, -0.1) is 0 Å². The second kappa shape index (κ2) is 5.86. The third-order valence-electron chi connectivity index (χ3n) is 4.48. The topological polar surface area (TPSA) is 18.5 Å². The SMILES string of the molecule is COSC(F)(F)OCC12CC(C)CC(CC(C)C1)C2. The van der Waals surface area contributed by atoms with E-state index in [1.54, 1.807) is 0 Å². The van der Waals surface area contributed by atoms with E-state index in [0.29, 0.717) is 17.8 Å². The molecular formula is C14H24F2O2S. The molecule has 0 aromatic rings. The van der Waals surface area contributed by atoms with Crippen molar-refractivity contribution in [1.29, 1.82) is 0 Å². The second-order valence-corrected chi connectivity index (χ2v) is 7.64. The molecular weight excluding hydrogens is 270 g/mol. The van der Waals surface area contributed by atoms with Gasteiger partial charge in [0.1, 0.15) is 12.0 Å². The zero-order valence-electron chi connectivity index (χ0n) is 12.0. The van der Waals surface area contributed by atoms with Crippen LogP contribution in [-0.2, 0) is 8.92 Å². The largest absolute Gasteiger partial charge is 0.433 e. The minimum Gasteiger partial charge on any atom is -0.312 e. The summed E-state index contributed by atoms with van der Waals surface area (Å²) < 4.78 is 36.1. The van der Waals surface area contributed by atoms with Crippen molar-refractivity contribution in [1.82, 2.24) is 0 Å². The first-order valence-electron chi connectivity index (χ1n) is 7.08. The van der Waals surface area contributed by atoms with Gasteiger partial charge in [0.05, 0.1) is 13.7 Å². The molecule has 0 spiro atoms. The van der Waals surface area contributed by atoms with Crippen LogP contribution in [0.15, 0.2) is 0 Å². The number of fused-ring (bicyclic) bond motifs is 2. The molecule has 2 unspecified atom stereocenters. The molecule has 2 bridgehead atoms. The van der Waals surface area contributed by atoms with Gasteiger partial charge >= 0.3 is 5.44 Å². The number of alkyl halides is 2. The maximum Gasteiger partial charge on any atom is 0.433 e. The minimum atomic E-state index is -3.24. The fraction of sp³-hybridized carbons (Fsp3) is 1.00. The molecule has 2 aliphatic carbocycles. The Hall–Kier alpha value is 0.130. The normalized spacial score (nSPS) is 39.3. The first-order chi connectivity index (χ1) is 8.84. The Bertz CT molecular complexity index is 292. The molecule has 0 radical (unpaired) electrons. The Balaban J connectivity index is 1.99. The van der Waals surface area contributed by atoms with E-state index in [9.17, 15) is 8.78 Å². The number of hydrogen-bond acceptors (Lipinski definition) is 3. The molecule has 0 aliphatic heterocycles. The smallest absolute Gasteiger partial charge is 0.312 e. The van der Waals surface area contributed by atoms with Crippen molar-refractivity contribution in [3.8, 4) is 0 Å². The quantitative estimate of drug-likeness (QED) is 0.541. The molecule has 5 heteroatoms. The van der Waals surface area contributed by atoms with Gasteiger partial charge in [-0.1, -0.05) is 13.8 Å². The van der Waals surface area contributed by atoms with Crippen molar-refractivity contribution in [3.63, 3.8) is 0 Å². The lowest BCUT2D eigenvalue weighted by Gasteiger charge is -2.50. The number of hydrogen-bond donors (Lipinski definition) is 0. The minimum absolute atomic E-state index is 0.0439. The van der Waals surface area contributed by atoms with Crippen LogP contribution in [0.3, 0.4) is 0 Å². The van der Waals surface area contributed by atoms with E-state index in [-0.39, 0.29) is 24.1 Å². The van der Waals surface area contributed by atoms with Crippen molar-refractivity contribution in [2.45, 2.75) is 51.4 Å². The highest BCUT2D eigenvalue weighted by Gasteiger charge is 2.46. The molecule has 0 amide bonds. The Kier molecular flexibility index (Phi) is 4.79. The lowest BCUT2D eigenvalue weighted by molar-refractivity contribution is -0.198. The van der Waals surface area contributed by atoms with Crippen LogP contribution >= 0.6 is 12.0 Å². The van der Waals surface area contributed by atoms with Gasteiger partial charge in [-0.05, 0) is 55.3 Å². The first kappa shape index (κ1) is 15.5. The van der Waals surface area contributed by atoms with Crippen molar-refractivity contribution in [3.05, 3.63) is 0 Å². The maximum absolute atomic E-state index is 13.4. The van der Waals surface area contributed by atoms with Crippen LogP contribution < -0.4 is 0 Å². The molecule has 0 heterocycles. The highest BCUT2D eigenvalue weighted by Crippen LogP contribution is 2.53. The number of halogens is 2. The summed E-state index contributed by atoms with van der Waals surface area (Å²) in [5.74, 6) is 1.94. The highest BCUT2D eigenvalue weighted by atomic mass is 32.2. The van der Waals surface area contributed by atoms with Crippen LogP contribution in [-0.4, -0.2) is 19.2 Å². The summed E-state index contributed by atoms with van der Waals surface area (Å²) in [5.41, 5.74) is -3.28. The monoisotopic (exact) mass is 294 g/mol. The van der Waals surface area contributed by atoms with Crippen molar-refractivity contribution >= 4 is 12.0 Å². The van der Waals surface area contributed by atoms with Gasteiger partial charge in [0.25, 0.3) is 0 Å². The summed E-state index contributed by atoms with van der Waals surface area (Å²) in [6, 6.07) is 0. The molecule has 0 aromatic heterocycles. The fourth-order valence-electron chi connectivity index (χ4n) is 4.44. The Morgan fingerprint density at radius 3 is 2.26 bits per heavy atom. The van der Waals surface area contributed by atoms with Gasteiger partial charge in [-0.2, -0.15) is 8.78 Å². The highest BCUT2D eigenvalue weighted by molar-refractivity contribution is 7.95. The van der Waals surface area contributed by atoms with E-state index in [2.05, 4.69) is 18.0 Å². The first-order valence-corrected chi connectivity index (χ1v) is 7.82. The Morgan fingerprint density at radius 2 is 1.74 bits per heavy atom. The fourth-order valence-corrected chi connectivity index (χ4v) is 4.74. The van der Waals surface area contributed by atoms with Gasteiger partial charge in [-0.25, -0.2) is 0 Å². The van der Waals surface area contributed by atoms with E-state index >= 15 is 0 Å². The van der Waals surface area contributed by atoms with Crippen LogP contribution in [0.4, 0.5) is 8.78 Å². The lowest BCUT2D eigenvalue weighted by Crippen LogP contribution is -2.43. The number of ether oxygens (including phenoxy) is 1. The van der Waals surface area contributed by atoms with Crippen molar-refractivity contribution < 1.29 is 17.7 Å². The summed E-state index contributed by atoms with van der Waals surface area (Å²) in [6.07, 6.45) is 5.57. The molecule has 112 valence electrons. The zero-order chi connectivity index (χ0) is 14.1. The van der Waals surface area contributed by atoms with E-state index in [0.717, 1.165) is 19.3 Å². The summed E-state index contributed by atoms with van der Waals surface area (Å²) in [5, 5.41) is 0. The molecule has 19 heavy (non-hydrogen) atoms. The van der Waals surface area contributed by atoms with Gasteiger partial charge in [-0.3, -0.25) is 0 Å². The van der Waals surface area contributed by atoms with E-state index in [4.69, 9.17) is 4.74 Å². The summed E-state index contributed by atoms with van der Waals surface area (Å²) in [7, 11) is 1.24. The molecule has 0 saturated heterocycles. The van der Waals surface area contributed by atoms with Crippen LogP contribution in [0.25, 0.3) is 0 Å². The van der Waals surface area contributed by atoms with Crippen LogP contribution in [0, 0.1) is 23.2 Å². The van der Waals surface area contributed by atoms with E-state index in [1.165, 1.54) is 20.0 Å². The van der Waals surface area contributed by atoms with Crippen molar-refractivity contribution in [2.24, 2.45) is 23.2 Å². The summed E-state index contributed by atoms with van der Waals surface area (Å²) in [6.45, 7) is 4.62. The Morgan fingerprint density at radius 1 is 1.16 bits per heavy atom. The average Bonchev–Trinajstić information content (AvgIpc) is 2.24. The molecule has 0 aromatic carbocycles. The maximum atomic E-state index is 13.4. The lowest BCUT2D eigenvalue weighted by atomic mass is 9.57. The van der Waals surface area contributed by atoms with E-state index < -0.39 is 5.44 Å². The van der Waals surface area contributed by atoms with Crippen molar-refractivity contribution in [2.75, 3.05) is 13.7 Å². The molecule has 2 atom stereocenters. The van der Waals surface area contributed by atoms with Crippen LogP contribution in [0.5, 0.6) is 0 Å². The molecule has 2 rings (SSSR count). The zero-order valence-corrected chi connectivity index (χ0v) is 12.8. The van der Waals surface area contributed by atoms with Gasteiger partial charge < -0.3 is 8.92 Å². The average molecular weight is 294 g/mol. The molecule has 2 fully saturated rings. The summed E-state index contributed by atoms with van der Waals surface area (Å²) >= 11 is 0.0962. The van der Waals surface area contributed by atoms with Crippen LogP contribution in [0.1, 0.15) is 46.0 Å². The molecule has 0 N–H and O–H groups in total. The third-order valence-corrected chi connectivity index (χ3v) is 4.96. The predicted molar refractivity (Wildman–Crippen MR) is 72.8 cm³/mol. The Labute approximate surface area is 118 Å².